The standard InChI is InChI=1S/C13H12BrNOS/c14-9-6-8-3-4-16-13(8)10(7-9)12(15)11-2-1-5-17-11/h1-2,5-7,12H,3-4,15H2. The van der Waals surface area contributed by atoms with Crippen molar-refractivity contribution in [2.75, 3.05) is 6.61 Å². The molecule has 17 heavy (non-hydrogen) atoms. The summed E-state index contributed by atoms with van der Waals surface area (Å²) in [4.78, 5) is 1.17. The minimum atomic E-state index is -0.0978. The summed E-state index contributed by atoms with van der Waals surface area (Å²) in [5, 5.41) is 2.05. The highest BCUT2D eigenvalue weighted by Gasteiger charge is 2.22. The molecule has 1 aliphatic heterocycles. The number of benzene rings is 1. The Morgan fingerprint density at radius 1 is 1.41 bits per heavy atom. The van der Waals surface area contributed by atoms with Crippen LogP contribution >= 0.6 is 27.3 Å². The zero-order chi connectivity index (χ0) is 11.8. The molecule has 0 bridgehead atoms. The molecule has 0 spiro atoms. The molecular formula is C13H12BrNOS. The molecule has 0 radical (unpaired) electrons. The van der Waals surface area contributed by atoms with Gasteiger partial charge >= 0.3 is 0 Å². The van der Waals surface area contributed by atoms with E-state index in [1.54, 1.807) is 11.3 Å². The third-order valence-electron chi connectivity index (χ3n) is 2.96. The number of thiophene rings is 1. The van der Waals surface area contributed by atoms with E-state index >= 15 is 0 Å². The van der Waals surface area contributed by atoms with Gasteiger partial charge in [0.2, 0.25) is 0 Å². The second kappa shape index (κ2) is 4.44. The Hall–Kier alpha value is -0.840. The van der Waals surface area contributed by atoms with Crippen molar-refractivity contribution in [2.24, 2.45) is 5.73 Å². The van der Waals surface area contributed by atoms with E-state index in [2.05, 4.69) is 34.1 Å². The summed E-state index contributed by atoms with van der Waals surface area (Å²) >= 11 is 5.22. The smallest absolute Gasteiger partial charge is 0.127 e. The molecule has 3 rings (SSSR count). The highest BCUT2D eigenvalue weighted by molar-refractivity contribution is 9.10. The largest absolute Gasteiger partial charge is 0.493 e. The summed E-state index contributed by atoms with van der Waals surface area (Å²) in [6.07, 6.45) is 0.971. The van der Waals surface area contributed by atoms with Gasteiger partial charge in [-0.15, -0.1) is 11.3 Å². The van der Waals surface area contributed by atoms with E-state index in [4.69, 9.17) is 10.5 Å². The molecule has 0 aliphatic carbocycles. The maximum absolute atomic E-state index is 6.31. The zero-order valence-corrected chi connectivity index (χ0v) is 11.6. The predicted molar refractivity (Wildman–Crippen MR) is 73.7 cm³/mol. The van der Waals surface area contributed by atoms with Crippen molar-refractivity contribution < 1.29 is 4.74 Å². The van der Waals surface area contributed by atoms with Gasteiger partial charge in [-0.2, -0.15) is 0 Å². The summed E-state index contributed by atoms with van der Waals surface area (Å²) in [5.74, 6) is 0.981. The van der Waals surface area contributed by atoms with Crippen LogP contribution in [0.2, 0.25) is 0 Å². The fraction of sp³-hybridized carbons (Fsp3) is 0.231. The second-order valence-corrected chi connectivity index (χ2v) is 5.97. The highest BCUT2D eigenvalue weighted by Crippen LogP contribution is 2.38. The van der Waals surface area contributed by atoms with Crippen LogP contribution in [0.25, 0.3) is 0 Å². The quantitative estimate of drug-likeness (QED) is 0.921. The fourth-order valence-electron chi connectivity index (χ4n) is 2.15. The summed E-state index contributed by atoms with van der Waals surface area (Å²) in [7, 11) is 0. The molecule has 4 heteroatoms. The maximum atomic E-state index is 6.31. The second-order valence-electron chi connectivity index (χ2n) is 4.07. The first-order chi connectivity index (χ1) is 8.25. The summed E-state index contributed by atoms with van der Waals surface area (Å²) in [6, 6.07) is 8.18. The Kier molecular flexibility index (Phi) is 2.94. The number of ether oxygens (including phenoxy) is 1. The minimum absolute atomic E-state index is 0.0978. The lowest BCUT2D eigenvalue weighted by Gasteiger charge is -2.14. The molecule has 0 saturated carbocycles. The van der Waals surface area contributed by atoms with Crippen LogP contribution < -0.4 is 10.5 Å². The van der Waals surface area contributed by atoms with Gasteiger partial charge in [-0.3, -0.25) is 0 Å². The normalized spacial score (nSPS) is 15.4. The van der Waals surface area contributed by atoms with Crippen molar-refractivity contribution in [3.63, 3.8) is 0 Å². The van der Waals surface area contributed by atoms with E-state index in [1.165, 1.54) is 10.4 Å². The SMILES string of the molecule is NC(c1cccs1)c1cc(Br)cc2c1OCC2. The molecule has 1 atom stereocenters. The first-order valence-corrected chi connectivity index (χ1v) is 7.17. The third kappa shape index (κ3) is 2.01. The van der Waals surface area contributed by atoms with Gasteiger partial charge in [0.25, 0.3) is 0 Å². The molecule has 0 amide bonds. The Bertz CT molecular complexity index is 539. The van der Waals surface area contributed by atoms with Gasteiger partial charge in [-0.25, -0.2) is 0 Å². The van der Waals surface area contributed by atoms with E-state index in [0.29, 0.717) is 0 Å². The van der Waals surface area contributed by atoms with Crippen molar-refractivity contribution >= 4 is 27.3 Å². The van der Waals surface area contributed by atoms with Crippen molar-refractivity contribution in [1.82, 2.24) is 0 Å². The number of hydrogen-bond acceptors (Lipinski definition) is 3. The van der Waals surface area contributed by atoms with Crippen LogP contribution in [-0.2, 0) is 6.42 Å². The van der Waals surface area contributed by atoms with Gasteiger partial charge in [0.1, 0.15) is 5.75 Å². The minimum Gasteiger partial charge on any atom is -0.493 e. The molecular weight excluding hydrogens is 298 g/mol. The average Bonchev–Trinajstić information content (AvgIpc) is 2.97. The van der Waals surface area contributed by atoms with Crippen LogP contribution in [0.5, 0.6) is 5.75 Å². The van der Waals surface area contributed by atoms with Gasteiger partial charge in [0.05, 0.1) is 12.6 Å². The van der Waals surface area contributed by atoms with E-state index in [0.717, 1.165) is 28.8 Å². The fourth-order valence-corrected chi connectivity index (χ4v) is 3.42. The maximum Gasteiger partial charge on any atom is 0.127 e. The lowest BCUT2D eigenvalue weighted by atomic mass is 10.0. The molecule has 2 aromatic rings. The molecule has 0 fully saturated rings. The van der Waals surface area contributed by atoms with Crippen LogP contribution in [-0.4, -0.2) is 6.61 Å². The van der Waals surface area contributed by atoms with Crippen LogP contribution in [0.15, 0.2) is 34.1 Å². The van der Waals surface area contributed by atoms with Crippen LogP contribution in [0.3, 0.4) is 0 Å². The Balaban J connectivity index is 2.09. The first-order valence-electron chi connectivity index (χ1n) is 5.50. The van der Waals surface area contributed by atoms with Crippen molar-refractivity contribution in [3.8, 4) is 5.75 Å². The third-order valence-corrected chi connectivity index (χ3v) is 4.38. The molecule has 0 saturated heterocycles. The first kappa shape index (κ1) is 11.3. The van der Waals surface area contributed by atoms with E-state index < -0.39 is 0 Å². The lowest BCUT2D eigenvalue weighted by Crippen LogP contribution is -2.11. The molecule has 1 aliphatic rings. The predicted octanol–water partition coefficient (Wildman–Crippen LogP) is 3.49. The molecule has 1 aromatic carbocycles. The molecule has 2 nitrogen and oxygen atoms in total. The topological polar surface area (TPSA) is 35.2 Å². The summed E-state index contributed by atoms with van der Waals surface area (Å²) in [5.41, 5.74) is 8.64. The number of halogens is 1. The van der Waals surface area contributed by atoms with E-state index in [9.17, 15) is 0 Å². The number of nitrogens with two attached hydrogens (primary N) is 1. The van der Waals surface area contributed by atoms with Crippen molar-refractivity contribution in [1.29, 1.82) is 0 Å². The van der Waals surface area contributed by atoms with Crippen LogP contribution in [0.1, 0.15) is 22.0 Å². The van der Waals surface area contributed by atoms with Crippen LogP contribution in [0, 0.1) is 0 Å². The molecule has 1 unspecified atom stereocenters. The van der Waals surface area contributed by atoms with Gasteiger partial charge in [0, 0.05) is 21.3 Å². The van der Waals surface area contributed by atoms with Crippen molar-refractivity contribution in [3.05, 3.63) is 50.1 Å². The summed E-state index contributed by atoms with van der Waals surface area (Å²) in [6.45, 7) is 0.760. The highest BCUT2D eigenvalue weighted by atomic mass is 79.9. The van der Waals surface area contributed by atoms with Crippen molar-refractivity contribution in [2.45, 2.75) is 12.5 Å². The molecule has 1 aromatic heterocycles. The number of fused-ring (bicyclic) bond motifs is 1. The summed E-state index contributed by atoms with van der Waals surface area (Å²) < 4.78 is 6.78. The van der Waals surface area contributed by atoms with E-state index in [1.807, 2.05) is 11.4 Å². The molecule has 88 valence electrons. The van der Waals surface area contributed by atoms with E-state index in [-0.39, 0.29) is 6.04 Å². The van der Waals surface area contributed by atoms with Gasteiger partial charge in [-0.05, 0) is 29.1 Å². The average molecular weight is 310 g/mol. The van der Waals surface area contributed by atoms with Gasteiger partial charge < -0.3 is 10.5 Å². The van der Waals surface area contributed by atoms with Gasteiger partial charge in [0.15, 0.2) is 0 Å². The Labute approximate surface area is 113 Å². The lowest BCUT2D eigenvalue weighted by molar-refractivity contribution is 0.352. The number of hydrogen-bond donors (Lipinski definition) is 1. The Morgan fingerprint density at radius 2 is 2.29 bits per heavy atom. The monoisotopic (exact) mass is 309 g/mol. The molecule has 2 N–H and O–H groups in total. The molecule has 2 heterocycles. The Morgan fingerprint density at radius 3 is 3.06 bits per heavy atom. The number of rotatable bonds is 2. The zero-order valence-electron chi connectivity index (χ0n) is 9.15. The van der Waals surface area contributed by atoms with Crippen LogP contribution in [0.4, 0.5) is 0 Å². The van der Waals surface area contributed by atoms with Gasteiger partial charge in [-0.1, -0.05) is 22.0 Å².